The van der Waals surface area contributed by atoms with Crippen LogP contribution in [-0.4, -0.2) is 41.2 Å². The lowest BCUT2D eigenvalue weighted by atomic mass is 9.83. The lowest BCUT2D eigenvalue weighted by Crippen LogP contribution is -2.46. The maximum atomic E-state index is 12.4. The fourth-order valence-corrected chi connectivity index (χ4v) is 6.93. The summed E-state index contributed by atoms with van der Waals surface area (Å²) in [6, 6.07) is 21.2. The Bertz CT molecular complexity index is 1500. The van der Waals surface area contributed by atoms with E-state index in [9.17, 15) is 4.79 Å². The van der Waals surface area contributed by atoms with E-state index >= 15 is 0 Å². The number of methoxy groups -OCH3 is 1. The number of nitrogens with zero attached hydrogens (tertiary/aromatic N) is 2. The Hall–Kier alpha value is -3.35. The molecule has 1 saturated heterocycles. The first-order valence-corrected chi connectivity index (χ1v) is 13.1. The van der Waals surface area contributed by atoms with Gasteiger partial charge >= 0.3 is 0 Å². The summed E-state index contributed by atoms with van der Waals surface area (Å²) in [6.45, 7) is 4.64. The summed E-state index contributed by atoms with van der Waals surface area (Å²) < 4.78 is 7.82. The van der Waals surface area contributed by atoms with Crippen molar-refractivity contribution in [2.24, 2.45) is 5.92 Å². The van der Waals surface area contributed by atoms with Gasteiger partial charge < -0.3 is 19.6 Å². The Morgan fingerprint density at radius 1 is 1.03 bits per heavy atom. The number of rotatable bonds is 4. The van der Waals surface area contributed by atoms with Gasteiger partial charge in [-0.05, 0) is 54.2 Å². The number of piperidine rings is 1. The number of hydrogen-bond acceptors (Lipinski definition) is 4. The van der Waals surface area contributed by atoms with Crippen LogP contribution in [0.1, 0.15) is 46.5 Å². The maximum Gasteiger partial charge on any atom is 0.250 e. The number of nitrogens with one attached hydrogen (secondary N) is 2. The molecule has 4 aromatic rings. The van der Waals surface area contributed by atoms with Gasteiger partial charge in [-0.15, -0.1) is 0 Å². The molecule has 2 bridgehead atoms. The predicted octanol–water partition coefficient (Wildman–Crippen LogP) is 4.19. The largest absolute Gasteiger partial charge is 0.496 e. The van der Waals surface area contributed by atoms with E-state index in [4.69, 9.17) is 4.74 Å². The SMILES string of the molecule is COc1ccc([C@H]2NCCc3c2[nH]c2ccccc32)cc1CN1C[C@@H]2C[C@H](C1)c1cccc(=O)n1C2. The van der Waals surface area contributed by atoms with Crippen molar-refractivity contribution in [3.05, 3.63) is 99.1 Å². The van der Waals surface area contributed by atoms with Crippen LogP contribution < -0.4 is 15.6 Å². The molecule has 0 amide bonds. The minimum Gasteiger partial charge on any atom is -0.496 e. The van der Waals surface area contributed by atoms with Crippen molar-refractivity contribution >= 4 is 10.9 Å². The van der Waals surface area contributed by atoms with E-state index in [0.29, 0.717) is 11.8 Å². The molecule has 2 N–H and O–H groups in total. The first kappa shape index (κ1) is 21.9. The topological polar surface area (TPSA) is 62.3 Å². The number of aromatic amines is 1. The van der Waals surface area contributed by atoms with Gasteiger partial charge in [-0.2, -0.15) is 0 Å². The van der Waals surface area contributed by atoms with Crippen LogP contribution in [-0.2, 0) is 19.5 Å². The first-order valence-electron chi connectivity index (χ1n) is 13.1. The normalized spacial score (nSPS) is 23.3. The second-order valence-corrected chi connectivity index (χ2v) is 10.7. The van der Waals surface area contributed by atoms with Crippen molar-refractivity contribution in [1.82, 2.24) is 19.8 Å². The molecule has 5 heterocycles. The summed E-state index contributed by atoms with van der Waals surface area (Å²) in [5.74, 6) is 1.87. The standard InChI is InChI=1S/C30H32N4O2/c1-36-27-10-9-20(29-30-24(11-12-31-29)23-5-2-3-6-25(23)32-30)14-22(27)18-33-15-19-13-21(17-33)26-7-4-8-28(35)34(26)16-19/h2-10,14,19,21,29,31-32H,11-13,15-18H2,1H3/t19-,21+,29+/m0/s1. The molecule has 0 spiro atoms. The van der Waals surface area contributed by atoms with Crippen LogP contribution in [0.15, 0.2) is 65.5 Å². The van der Waals surface area contributed by atoms with Crippen molar-refractivity contribution in [2.45, 2.75) is 37.9 Å². The van der Waals surface area contributed by atoms with Crippen LogP contribution in [0.4, 0.5) is 0 Å². The summed E-state index contributed by atoms with van der Waals surface area (Å²) in [5.41, 5.74) is 7.77. The quantitative estimate of drug-likeness (QED) is 0.460. The van der Waals surface area contributed by atoms with Crippen LogP contribution in [0.3, 0.4) is 0 Å². The van der Waals surface area contributed by atoms with E-state index in [0.717, 1.165) is 44.9 Å². The van der Waals surface area contributed by atoms with Gasteiger partial charge in [-0.3, -0.25) is 9.69 Å². The highest BCUT2D eigenvalue weighted by atomic mass is 16.5. The highest BCUT2D eigenvalue weighted by Crippen LogP contribution is 2.38. The highest BCUT2D eigenvalue weighted by molar-refractivity contribution is 5.85. The third-order valence-electron chi connectivity index (χ3n) is 8.45. The summed E-state index contributed by atoms with van der Waals surface area (Å²) in [5, 5.41) is 5.09. The van der Waals surface area contributed by atoms with Crippen LogP contribution in [0.5, 0.6) is 5.75 Å². The fourth-order valence-electron chi connectivity index (χ4n) is 6.93. The predicted molar refractivity (Wildman–Crippen MR) is 142 cm³/mol. The van der Waals surface area contributed by atoms with Crippen molar-refractivity contribution in [3.63, 3.8) is 0 Å². The molecule has 3 atom stereocenters. The number of para-hydroxylation sites is 1. The smallest absolute Gasteiger partial charge is 0.250 e. The summed E-state index contributed by atoms with van der Waals surface area (Å²) in [6.07, 6.45) is 2.21. The Balaban J connectivity index is 1.19. The second-order valence-electron chi connectivity index (χ2n) is 10.7. The number of ether oxygens (including phenoxy) is 1. The molecule has 0 aliphatic carbocycles. The van der Waals surface area contributed by atoms with Crippen LogP contribution in [0.2, 0.25) is 0 Å². The summed E-state index contributed by atoms with van der Waals surface area (Å²) in [4.78, 5) is 18.7. The van der Waals surface area contributed by atoms with Gasteiger partial charge in [-0.1, -0.05) is 30.3 Å². The van der Waals surface area contributed by atoms with Gasteiger partial charge in [0.25, 0.3) is 5.56 Å². The molecule has 0 unspecified atom stereocenters. The van der Waals surface area contributed by atoms with E-state index in [1.165, 1.54) is 45.4 Å². The van der Waals surface area contributed by atoms with Crippen molar-refractivity contribution < 1.29 is 4.74 Å². The van der Waals surface area contributed by atoms with E-state index in [1.807, 2.05) is 10.6 Å². The molecule has 0 saturated carbocycles. The second kappa shape index (κ2) is 8.64. The monoisotopic (exact) mass is 480 g/mol. The van der Waals surface area contributed by atoms with E-state index in [1.54, 1.807) is 13.2 Å². The number of pyridine rings is 1. The molecule has 6 nitrogen and oxygen atoms in total. The van der Waals surface area contributed by atoms with E-state index in [2.05, 4.69) is 63.7 Å². The van der Waals surface area contributed by atoms with Gasteiger partial charge in [0, 0.05) is 72.6 Å². The van der Waals surface area contributed by atoms with Gasteiger partial charge in [0.2, 0.25) is 0 Å². The highest BCUT2D eigenvalue weighted by Gasteiger charge is 2.35. The van der Waals surface area contributed by atoms with Gasteiger partial charge in [0.05, 0.1) is 13.2 Å². The zero-order valence-electron chi connectivity index (χ0n) is 20.7. The zero-order chi connectivity index (χ0) is 24.2. The van der Waals surface area contributed by atoms with E-state index < -0.39 is 0 Å². The number of benzene rings is 2. The molecule has 2 aromatic carbocycles. The van der Waals surface area contributed by atoms with Crippen molar-refractivity contribution in [2.75, 3.05) is 26.7 Å². The first-order chi connectivity index (χ1) is 17.7. The van der Waals surface area contributed by atoms with Gasteiger partial charge in [-0.25, -0.2) is 0 Å². The lowest BCUT2D eigenvalue weighted by molar-refractivity contribution is 0.113. The van der Waals surface area contributed by atoms with E-state index in [-0.39, 0.29) is 11.6 Å². The molecule has 36 heavy (non-hydrogen) atoms. The number of hydrogen-bond donors (Lipinski definition) is 2. The number of aromatic nitrogens is 2. The van der Waals surface area contributed by atoms with Gasteiger partial charge in [0.15, 0.2) is 0 Å². The number of fused-ring (bicyclic) bond motifs is 7. The molecule has 184 valence electrons. The Morgan fingerprint density at radius 2 is 1.94 bits per heavy atom. The third kappa shape index (κ3) is 3.59. The van der Waals surface area contributed by atoms with Crippen LogP contribution >= 0.6 is 0 Å². The fraction of sp³-hybridized carbons (Fsp3) is 0.367. The molecule has 7 rings (SSSR count). The lowest BCUT2D eigenvalue weighted by Gasteiger charge is -2.43. The zero-order valence-corrected chi connectivity index (χ0v) is 20.7. The average Bonchev–Trinajstić information content (AvgIpc) is 3.28. The van der Waals surface area contributed by atoms with Crippen LogP contribution in [0.25, 0.3) is 10.9 Å². The molecule has 2 aromatic heterocycles. The van der Waals surface area contributed by atoms with Crippen molar-refractivity contribution in [3.8, 4) is 5.75 Å². The minimum atomic E-state index is 0.140. The van der Waals surface area contributed by atoms with Gasteiger partial charge in [0.1, 0.15) is 5.75 Å². The summed E-state index contributed by atoms with van der Waals surface area (Å²) in [7, 11) is 1.76. The molecular weight excluding hydrogens is 448 g/mol. The third-order valence-corrected chi connectivity index (χ3v) is 8.45. The Labute approximate surface area is 210 Å². The maximum absolute atomic E-state index is 12.4. The molecule has 0 radical (unpaired) electrons. The number of H-pyrrole nitrogens is 1. The molecule has 3 aliphatic heterocycles. The van der Waals surface area contributed by atoms with Crippen molar-refractivity contribution in [1.29, 1.82) is 0 Å². The number of likely N-dealkylation sites (tertiary alicyclic amines) is 1. The summed E-state index contributed by atoms with van der Waals surface area (Å²) >= 11 is 0. The Kier molecular flexibility index (Phi) is 5.26. The molecule has 3 aliphatic rings. The molecule has 1 fully saturated rings. The molecular formula is C30H32N4O2. The average molecular weight is 481 g/mol. The molecule has 6 heteroatoms. The Morgan fingerprint density at radius 3 is 2.86 bits per heavy atom. The minimum absolute atomic E-state index is 0.140. The van der Waals surface area contributed by atoms with Crippen LogP contribution in [0, 0.1) is 5.92 Å².